The van der Waals surface area contributed by atoms with Gasteiger partial charge >= 0.3 is 5.97 Å². The van der Waals surface area contributed by atoms with Crippen molar-refractivity contribution in [1.82, 2.24) is 0 Å². The number of hydrogen-bond donors (Lipinski definition) is 1. The Labute approximate surface area is 202 Å². The van der Waals surface area contributed by atoms with Crippen LogP contribution in [0.2, 0.25) is 0 Å². The van der Waals surface area contributed by atoms with Crippen LogP contribution in [0, 0.1) is 22.7 Å². The smallest absolute Gasteiger partial charge is 0.303 e. The Balaban J connectivity index is 1.62. The van der Waals surface area contributed by atoms with Crippen molar-refractivity contribution in [3.63, 3.8) is 0 Å². The average Bonchev–Trinajstić information content (AvgIpc) is 3.16. The Bertz CT molecular complexity index is 1070. The van der Waals surface area contributed by atoms with Crippen molar-refractivity contribution in [2.75, 3.05) is 6.61 Å². The van der Waals surface area contributed by atoms with Crippen LogP contribution in [0.15, 0.2) is 23.8 Å². The highest BCUT2D eigenvalue weighted by molar-refractivity contribution is 6.01. The molecule has 5 rings (SSSR count). The number of ether oxygens (including phenoxy) is 3. The maximum Gasteiger partial charge on any atom is 0.303 e. The molecule has 1 saturated heterocycles. The maximum absolute atomic E-state index is 17.3. The van der Waals surface area contributed by atoms with Gasteiger partial charge < -0.3 is 19.3 Å². The van der Waals surface area contributed by atoms with E-state index in [1.54, 1.807) is 20.8 Å². The van der Waals surface area contributed by atoms with E-state index in [4.69, 9.17) is 14.2 Å². The zero-order valence-electron chi connectivity index (χ0n) is 20.6. The van der Waals surface area contributed by atoms with Crippen LogP contribution in [0.5, 0.6) is 0 Å². The first-order valence-corrected chi connectivity index (χ1v) is 12.1. The third kappa shape index (κ3) is 2.95. The number of halogens is 2. The van der Waals surface area contributed by atoms with Gasteiger partial charge in [0.15, 0.2) is 29.4 Å². The van der Waals surface area contributed by atoms with Gasteiger partial charge in [0.25, 0.3) is 0 Å². The van der Waals surface area contributed by atoms with Gasteiger partial charge in [-0.3, -0.25) is 14.4 Å². The average molecular weight is 495 g/mol. The molecule has 35 heavy (non-hydrogen) atoms. The van der Waals surface area contributed by atoms with Gasteiger partial charge in [-0.05, 0) is 63.7 Å². The van der Waals surface area contributed by atoms with Crippen LogP contribution in [-0.4, -0.2) is 64.7 Å². The molecule has 1 aliphatic heterocycles. The van der Waals surface area contributed by atoms with Crippen molar-refractivity contribution in [3.05, 3.63) is 23.8 Å². The molecule has 0 bridgehead atoms. The summed E-state index contributed by atoms with van der Waals surface area (Å²) in [5.41, 5.74) is -6.46. The zero-order chi connectivity index (χ0) is 25.8. The van der Waals surface area contributed by atoms with Crippen LogP contribution in [0.25, 0.3) is 0 Å². The molecule has 0 aromatic carbocycles. The molecule has 0 aromatic rings. The summed E-state index contributed by atoms with van der Waals surface area (Å²) in [4.78, 5) is 37.1. The first-order valence-electron chi connectivity index (χ1n) is 12.1. The van der Waals surface area contributed by atoms with Crippen molar-refractivity contribution < 1.29 is 42.5 Å². The normalized spacial score (nSPS) is 49.4. The van der Waals surface area contributed by atoms with Gasteiger partial charge in [0.2, 0.25) is 5.78 Å². The number of carbonyl (C=O) groups excluding carboxylic acids is 3. The molecule has 0 amide bonds. The lowest BCUT2D eigenvalue weighted by Gasteiger charge is -2.63. The predicted molar refractivity (Wildman–Crippen MR) is 118 cm³/mol. The number of ketones is 2. The summed E-state index contributed by atoms with van der Waals surface area (Å²) >= 11 is 0. The molecule has 7 nitrogen and oxygen atoms in total. The van der Waals surface area contributed by atoms with Gasteiger partial charge in [-0.25, -0.2) is 8.78 Å². The summed E-state index contributed by atoms with van der Waals surface area (Å²) in [6.45, 7) is 7.28. The van der Waals surface area contributed by atoms with Crippen LogP contribution in [0.3, 0.4) is 0 Å². The van der Waals surface area contributed by atoms with Crippen LogP contribution in [0.1, 0.15) is 53.9 Å². The van der Waals surface area contributed by atoms with Crippen LogP contribution < -0.4 is 0 Å². The second-order valence-electron chi connectivity index (χ2n) is 11.6. The standard InChI is InChI=1S/C26H32F2O7/c1-13(29)33-12-20(32)26-21(34-22(2,3)35-26)10-15-16-9-18(27)17-8-14(30)6-7-23(17,4)25(16,28)19(31)11-24(15,26)5/h6-8,15-16,18-19,21,31H,9-12H2,1-5H3/t15-,16-,18+,19+,21-,23+,24+,25+,26-/m1/s1. The van der Waals surface area contributed by atoms with E-state index in [1.807, 2.05) is 0 Å². The molecule has 1 heterocycles. The fourth-order valence-electron chi connectivity index (χ4n) is 8.08. The number of carbonyl (C=O) groups is 3. The molecule has 0 spiro atoms. The van der Waals surface area contributed by atoms with E-state index < -0.39 is 82.2 Å². The van der Waals surface area contributed by atoms with E-state index >= 15 is 8.78 Å². The topological polar surface area (TPSA) is 99.1 Å². The Kier molecular flexibility index (Phi) is 5.15. The van der Waals surface area contributed by atoms with Gasteiger partial charge in [0, 0.05) is 23.7 Å². The Morgan fingerprint density at radius 3 is 2.54 bits per heavy atom. The molecule has 9 atom stereocenters. The molecular weight excluding hydrogens is 462 g/mol. The predicted octanol–water partition coefficient (Wildman–Crippen LogP) is 2.94. The van der Waals surface area contributed by atoms with E-state index in [0.717, 1.165) is 6.08 Å². The van der Waals surface area contributed by atoms with Crippen molar-refractivity contribution in [1.29, 1.82) is 0 Å². The largest absolute Gasteiger partial charge is 0.458 e. The number of allylic oxidation sites excluding steroid dienone is 4. The zero-order valence-corrected chi connectivity index (χ0v) is 20.6. The summed E-state index contributed by atoms with van der Waals surface area (Å²) in [7, 11) is 0. The molecule has 4 fully saturated rings. The fraction of sp³-hybridized carbons (Fsp3) is 0.731. The van der Waals surface area contributed by atoms with Crippen LogP contribution in [-0.2, 0) is 28.6 Å². The number of rotatable bonds is 3. The van der Waals surface area contributed by atoms with E-state index in [2.05, 4.69) is 0 Å². The minimum Gasteiger partial charge on any atom is -0.458 e. The Morgan fingerprint density at radius 2 is 1.89 bits per heavy atom. The minimum atomic E-state index is -2.27. The number of aliphatic hydroxyl groups is 1. The monoisotopic (exact) mass is 494 g/mol. The molecule has 4 aliphatic carbocycles. The van der Waals surface area contributed by atoms with Gasteiger partial charge in [0.1, 0.15) is 6.17 Å². The lowest BCUT2D eigenvalue weighted by atomic mass is 9.44. The summed E-state index contributed by atoms with van der Waals surface area (Å²) in [6.07, 6.45) is -0.345. The molecule has 0 aromatic heterocycles. The number of esters is 1. The molecule has 3 saturated carbocycles. The van der Waals surface area contributed by atoms with E-state index in [9.17, 15) is 19.5 Å². The second kappa shape index (κ2) is 7.29. The minimum absolute atomic E-state index is 0.0406. The van der Waals surface area contributed by atoms with Gasteiger partial charge in [-0.15, -0.1) is 0 Å². The Morgan fingerprint density at radius 1 is 1.20 bits per heavy atom. The maximum atomic E-state index is 17.3. The number of aliphatic hydroxyl groups excluding tert-OH is 1. The van der Waals surface area contributed by atoms with E-state index in [0.29, 0.717) is 0 Å². The lowest BCUT2D eigenvalue weighted by Crippen LogP contribution is -2.71. The summed E-state index contributed by atoms with van der Waals surface area (Å²) < 4.78 is 50.3. The lowest BCUT2D eigenvalue weighted by molar-refractivity contribution is -0.249. The SMILES string of the molecule is CC(=O)OCC(=O)[C@@]12OC(C)(C)O[C@@H]1C[C@@H]1[C@H]3C[C@H](F)C4=CC(=O)C=C[C@]4(C)[C@@]3(F)[C@@H](O)C[C@@]12C. The van der Waals surface area contributed by atoms with Crippen molar-refractivity contribution in [2.45, 2.75) is 89.3 Å². The first kappa shape index (κ1) is 24.7. The van der Waals surface area contributed by atoms with E-state index in [-0.39, 0.29) is 24.8 Å². The quantitative estimate of drug-likeness (QED) is 0.603. The van der Waals surface area contributed by atoms with Gasteiger partial charge in [-0.1, -0.05) is 13.0 Å². The third-order valence-corrected chi connectivity index (χ3v) is 9.44. The van der Waals surface area contributed by atoms with Crippen molar-refractivity contribution in [3.8, 4) is 0 Å². The van der Waals surface area contributed by atoms with Gasteiger partial charge in [-0.2, -0.15) is 0 Å². The van der Waals surface area contributed by atoms with Crippen LogP contribution in [0.4, 0.5) is 8.78 Å². The highest BCUT2D eigenvalue weighted by Crippen LogP contribution is 2.72. The molecule has 9 heteroatoms. The first-order chi connectivity index (χ1) is 16.1. The highest BCUT2D eigenvalue weighted by atomic mass is 19.1. The van der Waals surface area contributed by atoms with Crippen molar-refractivity contribution in [2.24, 2.45) is 22.7 Å². The molecule has 0 radical (unpaired) electrons. The third-order valence-electron chi connectivity index (χ3n) is 9.44. The number of fused-ring (bicyclic) bond motifs is 7. The van der Waals surface area contributed by atoms with Crippen LogP contribution >= 0.6 is 0 Å². The summed E-state index contributed by atoms with van der Waals surface area (Å²) in [6, 6.07) is 0. The molecule has 5 aliphatic rings. The fourth-order valence-corrected chi connectivity index (χ4v) is 8.08. The molecule has 0 unspecified atom stereocenters. The number of hydrogen-bond acceptors (Lipinski definition) is 7. The molecule has 192 valence electrons. The molecular formula is C26H32F2O7. The number of alkyl halides is 2. The van der Waals surface area contributed by atoms with Gasteiger partial charge in [0.05, 0.1) is 12.2 Å². The summed E-state index contributed by atoms with van der Waals surface area (Å²) in [5, 5.41) is 11.5. The second-order valence-corrected chi connectivity index (χ2v) is 11.6. The highest BCUT2D eigenvalue weighted by Gasteiger charge is 2.80. The number of Topliss-reactive ketones (excluding diaryl/α,β-unsaturated/α-hetero) is 1. The Hall–Kier alpha value is -1.97. The molecule has 1 N–H and O–H groups in total. The van der Waals surface area contributed by atoms with Crippen molar-refractivity contribution >= 4 is 17.5 Å². The summed E-state index contributed by atoms with van der Waals surface area (Å²) in [5.74, 6) is -4.23. The van der Waals surface area contributed by atoms with E-state index in [1.165, 1.54) is 26.0 Å².